The molecule has 0 radical (unpaired) electrons. The van der Waals surface area contributed by atoms with Crippen molar-refractivity contribution in [2.75, 3.05) is 5.43 Å². The fraction of sp³-hybridized carbons (Fsp3) is 0.200. The number of hydrogen-bond donors (Lipinski definition) is 3. The Morgan fingerprint density at radius 2 is 1.86 bits per heavy atom. The SMILES string of the molecule is CCc1ccc(CNC(=O)c2nc(NN)ccc2Cl)cc1. The van der Waals surface area contributed by atoms with Gasteiger partial charge in [0.1, 0.15) is 11.5 Å². The van der Waals surface area contributed by atoms with Crippen molar-refractivity contribution in [1.29, 1.82) is 0 Å². The molecule has 0 aliphatic carbocycles. The molecule has 5 nitrogen and oxygen atoms in total. The number of aryl methyl sites for hydroxylation is 1. The number of nitrogens with zero attached hydrogens (tertiary/aromatic N) is 1. The average molecular weight is 305 g/mol. The van der Waals surface area contributed by atoms with Crippen molar-refractivity contribution < 1.29 is 4.79 Å². The van der Waals surface area contributed by atoms with Gasteiger partial charge in [0.2, 0.25) is 0 Å². The zero-order valence-corrected chi connectivity index (χ0v) is 12.4. The van der Waals surface area contributed by atoms with Crippen LogP contribution >= 0.6 is 11.6 Å². The minimum atomic E-state index is -0.336. The normalized spacial score (nSPS) is 10.2. The third-order valence-electron chi connectivity index (χ3n) is 3.09. The second-order valence-electron chi connectivity index (χ2n) is 4.52. The van der Waals surface area contributed by atoms with Crippen LogP contribution in [0, 0.1) is 0 Å². The zero-order chi connectivity index (χ0) is 15.2. The number of hydrogen-bond acceptors (Lipinski definition) is 4. The molecule has 2 aromatic rings. The Bertz CT molecular complexity index is 628. The van der Waals surface area contributed by atoms with Crippen LogP contribution in [-0.4, -0.2) is 10.9 Å². The molecule has 0 fully saturated rings. The molecule has 0 saturated carbocycles. The Morgan fingerprint density at radius 3 is 2.48 bits per heavy atom. The van der Waals surface area contributed by atoms with Crippen molar-refractivity contribution in [3.63, 3.8) is 0 Å². The summed E-state index contributed by atoms with van der Waals surface area (Å²) in [5, 5.41) is 3.08. The highest BCUT2D eigenvalue weighted by Gasteiger charge is 2.12. The number of amides is 1. The second-order valence-corrected chi connectivity index (χ2v) is 4.93. The maximum Gasteiger partial charge on any atom is 0.271 e. The highest BCUT2D eigenvalue weighted by atomic mass is 35.5. The molecule has 0 saturated heterocycles. The molecule has 0 bridgehead atoms. The van der Waals surface area contributed by atoms with E-state index in [1.54, 1.807) is 12.1 Å². The molecule has 0 atom stereocenters. The summed E-state index contributed by atoms with van der Waals surface area (Å²) in [6, 6.07) is 11.3. The van der Waals surface area contributed by atoms with Crippen molar-refractivity contribution >= 4 is 23.3 Å². The van der Waals surface area contributed by atoms with Gasteiger partial charge in [0.25, 0.3) is 5.91 Å². The lowest BCUT2D eigenvalue weighted by molar-refractivity contribution is 0.0946. The van der Waals surface area contributed by atoms with E-state index in [-0.39, 0.29) is 16.6 Å². The summed E-state index contributed by atoms with van der Waals surface area (Å²) in [4.78, 5) is 16.2. The molecule has 110 valence electrons. The van der Waals surface area contributed by atoms with Gasteiger partial charge in [-0.15, -0.1) is 0 Å². The van der Waals surface area contributed by atoms with E-state index < -0.39 is 0 Å². The Kier molecular flexibility index (Phi) is 5.14. The van der Waals surface area contributed by atoms with Crippen LogP contribution in [0.15, 0.2) is 36.4 Å². The summed E-state index contributed by atoms with van der Waals surface area (Å²) in [5.74, 6) is 5.32. The molecule has 1 amide bonds. The average Bonchev–Trinajstić information content (AvgIpc) is 2.53. The van der Waals surface area contributed by atoms with Crippen LogP contribution in [0.1, 0.15) is 28.5 Å². The highest BCUT2D eigenvalue weighted by Crippen LogP contribution is 2.16. The first-order valence-electron chi connectivity index (χ1n) is 6.63. The topological polar surface area (TPSA) is 80.0 Å². The van der Waals surface area contributed by atoms with Gasteiger partial charge in [-0.2, -0.15) is 0 Å². The van der Waals surface area contributed by atoms with Crippen molar-refractivity contribution in [3.05, 3.63) is 58.2 Å². The molecular formula is C15H17ClN4O. The van der Waals surface area contributed by atoms with Gasteiger partial charge in [-0.3, -0.25) is 4.79 Å². The quantitative estimate of drug-likeness (QED) is 0.586. The van der Waals surface area contributed by atoms with Gasteiger partial charge in [0, 0.05) is 6.54 Å². The van der Waals surface area contributed by atoms with Gasteiger partial charge in [-0.1, -0.05) is 42.8 Å². The van der Waals surface area contributed by atoms with E-state index in [2.05, 4.69) is 22.7 Å². The van der Waals surface area contributed by atoms with Gasteiger partial charge in [0.15, 0.2) is 0 Å². The molecule has 1 heterocycles. The largest absolute Gasteiger partial charge is 0.347 e. The number of nitrogen functional groups attached to an aromatic ring is 1. The number of benzene rings is 1. The first-order valence-corrected chi connectivity index (χ1v) is 7.01. The van der Waals surface area contributed by atoms with E-state index in [0.717, 1.165) is 12.0 Å². The van der Waals surface area contributed by atoms with E-state index in [0.29, 0.717) is 12.4 Å². The monoisotopic (exact) mass is 304 g/mol. The molecule has 1 aromatic heterocycles. The number of hydrazine groups is 1. The summed E-state index contributed by atoms with van der Waals surface area (Å²) in [5.41, 5.74) is 4.82. The molecule has 21 heavy (non-hydrogen) atoms. The first-order chi connectivity index (χ1) is 10.1. The number of anilines is 1. The van der Waals surface area contributed by atoms with E-state index in [1.165, 1.54) is 5.56 Å². The minimum Gasteiger partial charge on any atom is -0.347 e. The standard InChI is InChI=1S/C15H17ClN4O/c1-2-10-3-5-11(6-4-10)9-18-15(21)14-12(16)7-8-13(19-14)20-17/h3-8H,2,9,17H2,1H3,(H,18,21)(H,19,20). The molecule has 6 heteroatoms. The van der Waals surface area contributed by atoms with Crippen molar-refractivity contribution in [1.82, 2.24) is 10.3 Å². The van der Waals surface area contributed by atoms with E-state index >= 15 is 0 Å². The number of rotatable bonds is 5. The lowest BCUT2D eigenvalue weighted by Gasteiger charge is -2.08. The van der Waals surface area contributed by atoms with Crippen LogP contribution in [0.5, 0.6) is 0 Å². The summed E-state index contributed by atoms with van der Waals surface area (Å²) in [6.07, 6.45) is 0.991. The summed E-state index contributed by atoms with van der Waals surface area (Å²) in [7, 11) is 0. The fourth-order valence-electron chi connectivity index (χ4n) is 1.84. The lowest BCUT2D eigenvalue weighted by atomic mass is 10.1. The molecule has 0 aliphatic rings. The molecule has 2 rings (SSSR count). The van der Waals surface area contributed by atoms with Crippen molar-refractivity contribution in [2.24, 2.45) is 5.84 Å². The van der Waals surface area contributed by atoms with Crippen LogP contribution in [-0.2, 0) is 13.0 Å². The number of carbonyl (C=O) groups excluding carboxylic acids is 1. The van der Waals surface area contributed by atoms with Crippen LogP contribution in [0.4, 0.5) is 5.82 Å². The third kappa shape index (κ3) is 3.93. The van der Waals surface area contributed by atoms with E-state index in [1.807, 2.05) is 24.3 Å². The zero-order valence-electron chi connectivity index (χ0n) is 11.7. The molecule has 0 spiro atoms. The summed E-state index contributed by atoms with van der Waals surface area (Å²) in [6.45, 7) is 2.52. The van der Waals surface area contributed by atoms with Crippen LogP contribution in [0.3, 0.4) is 0 Å². The van der Waals surface area contributed by atoms with E-state index in [4.69, 9.17) is 17.4 Å². The Hall–Kier alpha value is -2.11. The van der Waals surface area contributed by atoms with Gasteiger partial charge >= 0.3 is 0 Å². The third-order valence-corrected chi connectivity index (χ3v) is 3.40. The van der Waals surface area contributed by atoms with Gasteiger partial charge in [0.05, 0.1) is 5.02 Å². The number of halogens is 1. The maximum atomic E-state index is 12.1. The summed E-state index contributed by atoms with van der Waals surface area (Å²) >= 11 is 5.98. The number of aromatic nitrogens is 1. The Labute approximate surface area is 128 Å². The maximum absolute atomic E-state index is 12.1. The summed E-state index contributed by atoms with van der Waals surface area (Å²) < 4.78 is 0. The fourth-order valence-corrected chi connectivity index (χ4v) is 2.03. The molecular weight excluding hydrogens is 288 g/mol. The predicted molar refractivity (Wildman–Crippen MR) is 84.0 cm³/mol. The van der Waals surface area contributed by atoms with Crippen molar-refractivity contribution in [3.8, 4) is 0 Å². The number of pyridine rings is 1. The molecule has 4 N–H and O–H groups in total. The number of carbonyl (C=O) groups is 1. The number of nitrogens with one attached hydrogen (secondary N) is 2. The highest BCUT2D eigenvalue weighted by molar-refractivity contribution is 6.33. The van der Waals surface area contributed by atoms with Crippen LogP contribution in [0.2, 0.25) is 5.02 Å². The van der Waals surface area contributed by atoms with Gasteiger partial charge < -0.3 is 10.7 Å². The molecule has 0 aliphatic heterocycles. The van der Waals surface area contributed by atoms with Gasteiger partial charge in [-0.05, 0) is 29.7 Å². The molecule has 1 aromatic carbocycles. The lowest BCUT2D eigenvalue weighted by Crippen LogP contribution is -2.24. The first kappa shape index (κ1) is 15.3. The Balaban J connectivity index is 2.04. The minimum absolute atomic E-state index is 0.150. The van der Waals surface area contributed by atoms with Crippen molar-refractivity contribution in [2.45, 2.75) is 19.9 Å². The molecule has 0 unspecified atom stereocenters. The van der Waals surface area contributed by atoms with Crippen LogP contribution in [0.25, 0.3) is 0 Å². The van der Waals surface area contributed by atoms with Gasteiger partial charge in [-0.25, -0.2) is 10.8 Å². The Morgan fingerprint density at radius 1 is 1.19 bits per heavy atom. The van der Waals surface area contributed by atoms with E-state index in [9.17, 15) is 4.79 Å². The number of nitrogens with two attached hydrogens (primary N) is 1. The van der Waals surface area contributed by atoms with Crippen LogP contribution < -0.4 is 16.6 Å². The predicted octanol–water partition coefficient (Wildman–Crippen LogP) is 2.51. The second kappa shape index (κ2) is 7.06. The smallest absolute Gasteiger partial charge is 0.271 e.